The number of aliphatic hydroxyl groups excluding tert-OH is 1. The molecule has 0 spiro atoms. The molecule has 0 aliphatic heterocycles. The number of hydrogen-bond acceptors (Lipinski definition) is 4. The molecule has 27 heavy (non-hydrogen) atoms. The van der Waals surface area contributed by atoms with Crippen LogP contribution in [0, 0.1) is 17.8 Å². The van der Waals surface area contributed by atoms with Crippen molar-refractivity contribution < 1.29 is 19.1 Å². The molecule has 0 aromatic rings. The number of aliphatic hydroxyl groups is 1. The van der Waals surface area contributed by atoms with Crippen molar-refractivity contribution in [3.8, 4) is 0 Å². The number of carbonyl (C=O) groups excluding carboxylic acids is 1. The van der Waals surface area contributed by atoms with E-state index < -0.39 is 13.9 Å². The Labute approximate surface area is 166 Å². The van der Waals surface area contributed by atoms with Crippen LogP contribution >= 0.6 is 0 Å². The van der Waals surface area contributed by atoms with Crippen molar-refractivity contribution in [2.45, 2.75) is 103 Å². The van der Waals surface area contributed by atoms with Crippen LogP contribution in [-0.4, -0.2) is 43.9 Å². The summed E-state index contributed by atoms with van der Waals surface area (Å²) in [6.07, 6.45) is 3.76. The molecule has 2 aliphatic carbocycles. The highest BCUT2D eigenvalue weighted by atomic mass is 28.4. The quantitative estimate of drug-likeness (QED) is 0.673. The fraction of sp³-hybridized carbons (Fsp3) is 0.952. The van der Waals surface area contributed by atoms with E-state index in [2.05, 4.69) is 39.2 Å². The summed E-state index contributed by atoms with van der Waals surface area (Å²) >= 11 is 0. The van der Waals surface area contributed by atoms with Crippen molar-refractivity contribution in [1.29, 1.82) is 0 Å². The standard InChI is InChI=1S/C21H41NO4Si/c1-20(2,3)25-19(24)22-15-9-10-16-14(11-15)12-18(17(16)13-23)26-27(7,8)21(4,5)6/h14-18,23H,9-13H2,1-8H3,(H,22,24)/t14-,15?,16+,17-,18-/m0/s1. The Morgan fingerprint density at radius 1 is 1.11 bits per heavy atom. The number of carbonyl (C=O) groups is 1. The minimum atomic E-state index is -1.86. The minimum Gasteiger partial charge on any atom is -0.444 e. The van der Waals surface area contributed by atoms with E-state index in [1.165, 1.54) is 0 Å². The highest BCUT2D eigenvalue weighted by Gasteiger charge is 2.49. The molecule has 0 bridgehead atoms. The molecule has 0 aromatic carbocycles. The predicted molar refractivity (Wildman–Crippen MR) is 111 cm³/mol. The fourth-order valence-corrected chi connectivity index (χ4v) is 5.80. The van der Waals surface area contributed by atoms with Gasteiger partial charge in [-0.2, -0.15) is 0 Å². The van der Waals surface area contributed by atoms with Gasteiger partial charge < -0.3 is 19.6 Å². The van der Waals surface area contributed by atoms with Crippen molar-refractivity contribution in [1.82, 2.24) is 5.32 Å². The second-order valence-electron chi connectivity index (χ2n) is 11.1. The molecular formula is C21H41NO4Si. The molecule has 2 aliphatic rings. The van der Waals surface area contributed by atoms with Crippen molar-refractivity contribution >= 4 is 14.4 Å². The van der Waals surface area contributed by atoms with Crippen LogP contribution in [0.1, 0.15) is 67.2 Å². The molecule has 0 heterocycles. The Morgan fingerprint density at radius 3 is 2.26 bits per heavy atom. The second-order valence-corrected chi connectivity index (χ2v) is 15.8. The highest BCUT2D eigenvalue weighted by Crippen LogP contribution is 2.49. The molecule has 0 saturated heterocycles. The molecule has 5 nitrogen and oxygen atoms in total. The van der Waals surface area contributed by atoms with Crippen LogP contribution in [0.5, 0.6) is 0 Å². The van der Waals surface area contributed by atoms with E-state index in [0.29, 0.717) is 11.8 Å². The molecule has 1 amide bonds. The molecule has 2 saturated carbocycles. The van der Waals surface area contributed by atoms with E-state index in [0.717, 1.165) is 25.7 Å². The summed E-state index contributed by atoms with van der Waals surface area (Å²) in [6, 6.07) is 0.159. The third-order valence-electron chi connectivity index (χ3n) is 6.79. The minimum absolute atomic E-state index is 0.145. The summed E-state index contributed by atoms with van der Waals surface area (Å²) in [5, 5.41) is 13.3. The third kappa shape index (κ3) is 5.70. The van der Waals surface area contributed by atoms with Crippen LogP contribution in [0.3, 0.4) is 0 Å². The Balaban J connectivity index is 1.99. The van der Waals surface area contributed by atoms with Gasteiger partial charge in [0.1, 0.15) is 5.60 Å². The number of fused-ring (bicyclic) bond motifs is 1. The normalized spacial score (nSPS) is 32.1. The number of rotatable bonds is 4. The zero-order valence-electron chi connectivity index (χ0n) is 18.6. The molecule has 0 aromatic heterocycles. The van der Waals surface area contributed by atoms with Crippen LogP contribution in [0.15, 0.2) is 0 Å². The average molecular weight is 400 g/mol. The van der Waals surface area contributed by atoms with E-state index in [1.807, 2.05) is 20.8 Å². The van der Waals surface area contributed by atoms with Crippen LogP contribution < -0.4 is 5.32 Å². The zero-order valence-corrected chi connectivity index (χ0v) is 19.6. The van der Waals surface area contributed by atoms with Gasteiger partial charge in [-0.25, -0.2) is 4.79 Å². The first kappa shape index (κ1) is 22.7. The maximum absolute atomic E-state index is 12.1. The Morgan fingerprint density at radius 2 is 1.74 bits per heavy atom. The molecule has 0 radical (unpaired) electrons. The van der Waals surface area contributed by atoms with Crippen LogP contribution in [0.25, 0.3) is 0 Å². The van der Waals surface area contributed by atoms with Gasteiger partial charge in [0.15, 0.2) is 8.32 Å². The molecule has 2 N–H and O–H groups in total. The number of hydrogen-bond donors (Lipinski definition) is 2. The van der Waals surface area contributed by atoms with Gasteiger partial charge >= 0.3 is 6.09 Å². The van der Waals surface area contributed by atoms with E-state index in [1.54, 1.807) is 0 Å². The van der Waals surface area contributed by atoms with Gasteiger partial charge in [0, 0.05) is 18.6 Å². The topological polar surface area (TPSA) is 67.8 Å². The van der Waals surface area contributed by atoms with Crippen LogP contribution in [-0.2, 0) is 9.16 Å². The van der Waals surface area contributed by atoms with Crippen LogP contribution in [0.2, 0.25) is 18.1 Å². The maximum atomic E-state index is 12.1. The van der Waals surface area contributed by atoms with E-state index in [4.69, 9.17) is 9.16 Å². The summed E-state index contributed by atoms with van der Waals surface area (Å²) in [5.41, 5.74) is -0.473. The summed E-state index contributed by atoms with van der Waals surface area (Å²) < 4.78 is 12.1. The molecule has 6 heteroatoms. The van der Waals surface area contributed by atoms with Gasteiger partial charge in [-0.05, 0) is 76.4 Å². The summed E-state index contributed by atoms with van der Waals surface area (Å²) in [5.74, 6) is 1.23. The monoisotopic (exact) mass is 399 g/mol. The first-order chi connectivity index (χ1) is 12.2. The fourth-order valence-electron chi connectivity index (χ4n) is 4.42. The lowest BCUT2D eigenvalue weighted by Crippen LogP contribution is -2.45. The van der Waals surface area contributed by atoms with Crippen molar-refractivity contribution in [2.75, 3.05) is 6.61 Å². The zero-order chi connectivity index (χ0) is 20.6. The van der Waals surface area contributed by atoms with Gasteiger partial charge in [0.25, 0.3) is 0 Å². The maximum Gasteiger partial charge on any atom is 0.407 e. The number of ether oxygens (including phenoxy) is 1. The third-order valence-corrected chi connectivity index (χ3v) is 11.3. The highest BCUT2D eigenvalue weighted by molar-refractivity contribution is 6.74. The van der Waals surface area contributed by atoms with Gasteiger partial charge in [-0.1, -0.05) is 20.8 Å². The summed E-state index contributed by atoms with van der Waals surface area (Å²) in [7, 11) is -1.86. The number of nitrogens with one attached hydrogen (secondary N) is 1. The van der Waals surface area contributed by atoms with Crippen molar-refractivity contribution in [2.24, 2.45) is 17.8 Å². The molecule has 2 fully saturated rings. The summed E-state index contributed by atoms with van der Waals surface area (Å²) in [6.45, 7) is 17.2. The second kappa shape index (κ2) is 8.03. The van der Waals surface area contributed by atoms with Crippen molar-refractivity contribution in [3.63, 3.8) is 0 Å². The van der Waals surface area contributed by atoms with Crippen LogP contribution in [0.4, 0.5) is 4.79 Å². The van der Waals surface area contributed by atoms with Gasteiger partial charge in [0.05, 0.1) is 6.10 Å². The first-order valence-corrected chi connectivity index (χ1v) is 13.4. The lowest BCUT2D eigenvalue weighted by molar-refractivity contribution is 0.0453. The largest absolute Gasteiger partial charge is 0.444 e. The van der Waals surface area contributed by atoms with Gasteiger partial charge in [0.2, 0.25) is 0 Å². The van der Waals surface area contributed by atoms with E-state index in [9.17, 15) is 9.90 Å². The Bertz CT molecular complexity index is 523. The molecule has 158 valence electrons. The van der Waals surface area contributed by atoms with E-state index >= 15 is 0 Å². The Hall–Kier alpha value is -0.593. The molecule has 1 unspecified atom stereocenters. The number of alkyl carbamates (subject to hydrolysis) is 1. The van der Waals surface area contributed by atoms with Gasteiger partial charge in [-0.3, -0.25) is 0 Å². The van der Waals surface area contributed by atoms with E-state index in [-0.39, 0.29) is 35.8 Å². The molecule has 5 atom stereocenters. The lowest BCUT2D eigenvalue weighted by atomic mass is 9.76. The summed E-state index contributed by atoms with van der Waals surface area (Å²) in [4.78, 5) is 12.1. The Kier molecular flexibility index (Phi) is 6.75. The molecule has 2 rings (SSSR count). The average Bonchev–Trinajstić information content (AvgIpc) is 2.79. The van der Waals surface area contributed by atoms with Crippen molar-refractivity contribution in [3.05, 3.63) is 0 Å². The smallest absolute Gasteiger partial charge is 0.407 e. The molecular weight excluding hydrogens is 358 g/mol. The number of amides is 1. The predicted octanol–water partition coefficient (Wildman–Crippen LogP) is 4.70. The SMILES string of the molecule is CC(C)(C)OC(=O)NC1CC[C@@H]2[C@@H](C1)C[C@H](O[Si](C)(C)C(C)(C)C)[C@H]2CO. The first-order valence-electron chi connectivity index (χ1n) is 10.5. The lowest BCUT2D eigenvalue weighted by Gasteiger charge is -2.40. The van der Waals surface area contributed by atoms with Gasteiger partial charge in [-0.15, -0.1) is 0 Å².